The van der Waals surface area contributed by atoms with Gasteiger partial charge in [-0.1, -0.05) is 6.92 Å². The number of nitrogens with zero attached hydrogens (tertiary/aromatic N) is 1. The second kappa shape index (κ2) is 4.85. The minimum atomic E-state index is 0. The second-order valence-electron chi connectivity index (χ2n) is 3.77. The number of fused-ring (bicyclic) bond motifs is 2. The average Bonchev–Trinajstić information content (AvgIpc) is 2.81. The van der Waals surface area contributed by atoms with Crippen molar-refractivity contribution in [2.24, 2.45) is 0 Å². The molecule has 6 heteroatoms. The first kappa shape index (κ1) is 12.7. The van der Waals surface area contributed by atoms with Crippen LogP contribution < -0.4 is 43.8 Å². The highest BCUT2D eigenvalue weighted by Gasteiger charge is 2.21. The fraction of sp³-hybridized carbons (Fsp3) is 0.364. The SMILES string of the molecule is CCC[n+]1c(N)sc2cc3c(cc21)OCO3.[I-]. The number of rotatable bonds is 2. The van der Waals surface area contributed by atoms with Crippen LogP contribution in [0.1, 0.15) is 13.3 Å². The van der Waals surface area contributed by atoms with Gasteiger partial charge in [-0.15, -0.1) is 0 Å². The topological polar surface area (TPSA) is 48.4 Å². The molecule has 0 amide bonds. The third kappa shape index (κ3) is 2.03. The number of anilines is 1. The average molecular weight is 364 g/mol. The number of hydrogen-bond donors (Lipinski definition) is 1. The zero-order valence-corrected chi connectivity index (χ0v) is 12.4. The molecule has 0 spiro atoms. The highest BCUT2D eigenvalue weighted by molar-refractivity contribution is 7.21. The normalized spacial score (nSPS) is 12.8. The molecule has 0 fully saturated rings. The second-order valence-corrected chi connectivity index (χ2v) is 4.83. The fourth-order valence-corrected chi connectivity index (χ4v) is 2.91. The highest BCUT2D eigenvalue weighted by Crippen LogP contribution is 2.37. The van der Waals surface area contributed by atoms with E-state index in [0.29, 0.717) is 6.79 Å². The summed E-state index contributed by atoms with van der Waals surface area (Å²) in [4.78, 5) is 0. The van der Waals surface area contributed by atoms with Crippen molar-refractivity contribution in [2.75, 3.05) is 12.5 Å². The summed E-state index contributed by atoms with van der Waals surface area (Å²) in [6.45, 7) is 3.39. The zero-order chi connectivity index (χ0) is 11.1. The van der Waals surface area contributed by atoms with Crippen molar-refractivity contribution < 1.29 is 38.0 Å². The smallest absolute Gasteiger partial charge is 0.332 e. The summed E-state index contributed by atoms with van der Waals surface area (Å²) in [5.74, 6) is 1.63. The van der Waals surface area contributed by atoms with Crippen molar-refractivity contribution in [1.82, 2.24) is 0 Å². The van der Waals surface area contributed by atoms with Crippen molar-refractivity contribution in [2.45, 2.75) is 19.9 Å². The first-order valence-corrected chi connectivity index (χ1v) is 6.12. The molecule has 3 rings (SSSR count). The molecule has 1 aromatic carbocycles. The van der Waals surface area contributed by atoms with Crippen LogP contribution in [0.5, 0.6) is 11.5 Å². The predicted molar refractivity (Wildman–Crippen MR) is 62.8 cm³/mol. The van der Waals surface area contributed by atoms with E-state index in [1.165, 1.54) is 0 Å². The Morgan fingerprint density at radius 1 is 1.35 bits per heavy atom. The van der Waals surface area contributed by atoms with E-state index < -0.39 is 0 Å². The molecule has 0 unspecified atom stereocenters. The molecule has 1 aromatic heterocycles. The summed E-state index contributed by atoms with van der Waals surface area (Å²) in [5, 5.41) is 0.834. The number of nitrogens with two attached hydrogens (primary N) is 1. The van der Waals surface area contributed by atoms with E-state index in [9.17, 15) is 0 Å². The molecule has 2 heterocycles. The molecule has 0 aliphatic carbocycles. The number of halogens is 1. The van der Waals surface area contributed by atoms with Crippen LogP contribution in [0, 0.1) is 0 Å². The van der Waals surface area contributed by atoms with Gasteiger partial charge in [0.2, 0.25) is 6.79 Å². The van der Waals surface area contributed by atoms with Gasteiger partial charge in [0, 0.05) is 12.1 Å². The molecule has 0 bridgehead atoms. The van der Waals surface area contributed by atoms with Crippen LogP contribution in [0.4, 0.5) is 5.13 Å². The van der Waals surface area contributed by atoms with E-state index in [-0.39, 0.29) is 24.0 Å². The molecule has 0 atom stereocenters. The lowest BCUT2D eigenvalue weighted by Crippen LogP contribution is -3.00. The van der Waals surface area contributed by atoms with E-state index in [2.05, 4.69) is 11.5 Å². The molecule has 1 aliphatic heterocycles. The number of hydrogen-bond acceptors (Lipinski definition) is 4. The van der Waals surface area contributed by atoms with Gasteiger partial charge in [-0.3, -0.25) is 5.73 Å². The predicted octanol–water partition coefficient (Wildman–Crippen LogP) is -1.09. The van der Waals surface area contributed by atoms with Crippen molar-refractivity contribution in [3.05, 3.63) is 12.1 Å². The molecule has 92 valence electrons. The van der Waals surface area contributed by atoms with Crippen LogP contribution in [0.15, 0.2) is 12.1 Å². The largest absolute Gasteiger partial charge is 1.00 e. The quantitative estimate of drug-likeness (QED) is 0.545. The van der Waals surface area contributed by atoms with Crippen molar-refractivity contribution in [1.29, 1.82) is 0 Å². The number of aromatic nitrogens is 1. The maximum Gasteiger partial charge on any atom is 0.332 e. The van der Waals surface area contributed by atoms with Crippen molar-refractivity contribution in [3.63, 3.8) is 0 Å². The molecule has 0 radical (unpaired) electrons. The van der Waals surface area contributed by atoms with Gasteiger partial charge < -0.3 is 33.5 Å². The van der Waals surface area contributed by atoms with Gasteiger partial charge in [0.1, 0.15) is 5.52 Å². The van der Waals surface area contributed by atoms with E-state index in [1.807, 2.05) is 12.1 Å². The van der Waals surface area contributed by atoms with E-state index in [4.69, 9.17) is 15.2 Å². The first-order chi connectivity index (χ1) is 7.79. The Labute approximate surface area is 120 Å². The number of ether oxygens (including phenoxy) is 2. The number of thiazole rings is 1. The van der Waals surface area contributed by atoms with Gasteiger partial charge >= 0.3 is 5.13 Å². The third-order valence-electron chi connectivity index (χ3n) is 2.67. The molecule has 17 heavy (non-hydrogen) atoms. The van der Waals surface area contributed by atoms with Gasteiger partial charge in [0.15, 0.2) is 11.5 Å². The standard InChI is InChI=1S/C11H12N2O2S.HI/c1-2-3-13-7-4-8-9(15-6-14-8)5-10(7)16-11(13)12;/h4-5,12H,2-3,6H2,1H3;1H. The van der Waals surface area contributed by atoms with E-state index in [1.54, 1.807) is 11.3 Å². The Morgan fingerprint density at radius 2 is 2.06 bits per heavy atom. The minimum Gasteiger partial charge on any atom is -1.00 e. The minimum absolute atomic E-state index is 0. The summed E-state index contributed by atoms with van der Waals surface area (Å²) in [6, 6.07) is 4.02. The molecular weight excluding hydrogens is 351 g/mol. The lowest BCUT2D eigenvalue weighted by molar-refractivity contribution is -0.653. The van der Waals surface area contributed by atoms with E-state index >= 15 is 0 Å². The molecule has 1 aliphatic rings. The zero-order valence-electron chi connectivity index (χ0n) is 9.40. The van der Waals surface area contributed by atoms with Crippen LogP contribution >= 0.6 is 11.3 Å². The highest BCUT2D eigenvalue weighted by atomic mass is 127. The maximum atomic E-state index is 6.00. The van der Waals surface area contributed by atoms with Crippen molar-refractivity contribution >= 4 is 26.7 Å². The number of aryl methyl sites for hydroxylation is 1. The Hall–Kier alpha value is -0.760. The van der Waals surface area contributed by atoms with Crippen LogP contribution in [0.3, 0.4) is 0 Å². The Morgan fingerprint density at radius 3 is 2.76 bits per heavy atom. The Kier molecular flexibility index (Phi) is 3.62. The maximum absolute atomic E-state index is 6.00. The lowest BCUT2D eigenvalue weighted by Gasteiger charge is -1.98. The molecule has 0 saturated carbocycles. The van der Waals surface area contributed by atoms with Crippen molar-refractivity contribution in [3.8, 4) is 11.5 Å². The van der Waals surface area contributed by atoms with Gasteiger partial charge in [0.05, 0.1) is 11.2 Å². The molecule has 2 N–H and O–H groups in total. The lowest BCUT2D eigenvalue weighted by atomic mass is 10.3. The van der Waals surface area contributed by atoms with Gasteiger partial charge in [0.25, 0.3) is 0 Å². The molecule has 0 saturated heterocycles. The monoisotopic (exact) mass is 364 g/mol. The van der Waals surface area contributed by atoms with Gasteiger partial charge in [-0.05, 0) is 17.8 Å². The van der Waals surface area contributed by atoms with Crippen LogP contribution in [-0.2, 0) is 6.54 Å². The summed E-state index contributed by atoms with van der Waals surface area (Å²) in [7, 11) is 0. The first-order valence-electron chi connectivity index (χ1n) is 5.31. The van der Waals surface area contributed by atoms with Gasteiger partial charge in [-0.2, -0.15) is 0 Å². The van der Waals surface area contributed by atoms with Crippen LogP contribution in [-0.4, -0.2) is 6.79 Å². The Bertz CT molecular complexity index is 556. The summed E-state index contributed by atoms with van der Waals surface area (Å²) < 4.78 is 14.0. The fourth-order valence-electron chi connectivity index (χ4n) is 1.95. The van der Waals surface area contributed by atoms with E-state index in [0.717, 1.165) is 39.8 Å². The molecule has 2 aromatic rings. The molecular formula is C11H13IN2O2S. The Balaban J connectivity index is 0.00000108. The van der Waals surface area contributed by atoms with Gasteiger partial charge in [-0.25, -0.2) is 4.57 Å². The summed E-state index contributed by atoms with van der Waals surface area (Å²) >= 11 is 1.59. The summed E-state index contributed by atoms with van der Waals surface area (Å²) in [6.07, 6.45) is 1.06. The third-order valence-corrected chi connectivity index (χ3v) is 3.65. The number of benzene rings is 1. The summed E-state index contributed by atoms with van der Waals surface area (Å²) in [5.41, 5.74) is 7.13. The van der Waals surface area contributed by atoms with Crippen LogP contribution in [0.25, 0.3) is 10.2 Å². The molecule has 4 nitrogen and oxygen atoms in total. The van der Waals surface area contributed by atoms with Crippen LogP contribution in [0.2, 0.25) is 0 Å². The number of nitrogen functional groups attached to an aromatic ring is 1.